The number of hydrogen-bond acceptors (Lipinski definition) is 3. The van der Waals surface area contributed by atoms with E-state index in [-0.39, 0.29) is 11.4 Å². The summed E-state index contributed by atoms with van der Waals surface area (Å²) in [6.07, 6.45) is 1.68. The van der Waals surface area contributed by atoms with E-state index in [0.717, 1.165) is 11.3 Å². The van der Waals surface area contributed by atoms with Gasteiger partial charge in [0.15, 0.2) is 0 Å². The number of hydrogen-bond donors (Lipinski definition) is 2. The third-order valence-electron chi connectivity index (χ3n) is 3.51. The number of rotatable bonds is 5. The van der Waals surface area contributed by atoms with Gasteiger partial charge in [0.05, 0.1) is 5.54 Å². The van der Waals surface area contributed by atoms with Crippen LogP contribution in [0.5, 0.6) is 0 Å². The Morgan fingerprint density at radius 1 is 1.26 bits per heavy atom. The zero-order chi connectivity index (χ0) is 13.9. The first-order chi connectivity index (χ1) is 9.05. The summed E-state index contributed by atoms with van der Waals surface area (Å²) in [6.45, 7) is 5.96. The highest BCUT2D eigenvalue weighted by Crippen LogP contribution is 2.30. The molecular formula is C15H21N3O. The van der Waals surface area contributed by atoms with Crippen molar-refractivity contribution in [3.8, 4) is 0 Å². The van der Waals surface area contributed by atoms with Gasteiger partial charge in [-0.2, -0.15) is 0 Å². The van der Waals surface area contributed by atoms with Gasteiger partial charge in [0.1, 0.15) is 0 Å². The molecule has 1 aromatic rings. The molecule has 1 aromatic carbocycles. The topological polar surface area (TPSA) is 58.4 Å². The molecule has 0 aliphatic carbocycles. The van der Waals surface area contributed by atoms with E-state index in [2.05, 4.69) is 19.2 Å². The van der Waals surface area contributed by atoms with Crippen molar-refractivity contribution in [2.24, 2.45) is 5.73 Å². The van der Waals surface area contributed by atoms with Gasteiger partial charge >= 0.3 is 0 Å². The molecule has 1 amide bonds. The fourth-order valence-corrected chi connectivity index (χ4v) is 2.31. The average Bonchev–Trinajstić information content (AvgIpc) is 2.61. The van der Waals surface area contributed by atoms with Crippen molar-refractivity contribution in [1.82, 2.24) is 10.2 Å². The van der Waals surface area contributed by atoms with E-state index in [0.29, 0.717) is 19.6 Å². The molecular weight excluding hydrogens is 238 g/mol. The molecule has 0 radical (unpaired) electrons. The lowest BCUT2D eigenvalue weighted by molar-refractivity contribution is -0.128. The van der Waals surface area contributed by atoms with Gasteiger partial charge in [0.2, 0.25) is 5.91 Å². The second-order valence-electron chi connectivity index (χ2n) is 5.24. The van der Waals surface area contributed by atoms with Crippen LogP contribution in [-0.4, -0.2) is 29.4 Å². The molecule has 4 nitrogen and oxygen atoms in total. The first-order valence-electron chi connectivity index (χ1n) is 6.57. The van der Waals surface area contributed by atoms with E-state index >= 15 is 0 Å². The van der Waals surface area contributed by atoms with Crippen LogP contribution < -0.4 is 11.1 Å². The monoisotopic (exact) mass is 259 g/mol. The maximum Gasteiger partial charge on any atom is 0.249 e. The van der Waals surface area contributed by atoms with Crippen LogP contribution in [0, 0.1) is 0 Å². The standard InChI is InChI=1S/C15H21N3O/c1-15(2)13(17-9-8-16)10-14(19)18(15)11-12-6-4-3-5-7-12/h3-7,10,17H,8-9,11,16H2,1-2H3. The predicted molar refractivity (Wildman–Crippen MR) is 76.2 cm³/mol. The van der Waals surface area contributed by atoms with Crippen LogP contribution in [0.25, 0.3) is 0 Å². The quantitative estimate of drug-likeness (QED) is 0.836. The number of amides is 1. The minimum Gasteiger partial charge on any atom is -0.385 e. The van der Waals surface area contributed by atoms with Gasteiger partial charge in [0.25, 0.3) is 0 Å². The van der Waals surface area contributed by atoms with Gasteiger partial charge in [-0.3, -0.25) is 4.79 Å². The highest BCUT2D eigenvalue weighted by atomic mass is 16.2. The molecule has 19 heavy (non-hydrogen) atoms. The van der Waals surface area contributed by atoms with Gasteiger partial charge in [0, 0.05) is 31.4 Å². The highest BCUT2D eigenvalue weighted by Gasteiger charge is 2.39. The number of nitrogens with one attached hydrogen (secondary N) is 1. The lowest BCUT2D eigenvalue weighted by Crippen LogP contribution is -2.46. The zero-order valence-electron chi connectivity index (χ0n) is 11.5. The van der Waals surface area contributed by atoms with Crippen molar-refractivity contribution >= 4 is 5.91 Å². The highest BCUT2D eigenvalue weighted by molar-refractivity contribution is 5.92. The van der Waals surface area contributed by atoms with Crippen molar-refractivity contribution in [2.45, 2.75) is 25.9 Å². The third-order valence-corrected chi connectivity index (χ3v) is 3.51. The molecule has 0 bridgehead atoms. The maximum absolute atomic E-state index is 12.1. The molecule has 4 heteroatoms. The molecule has 2 rings (SSSR count). The summed E-state index contributed by atoms with van der Waals surface area (Å²) in [5, 5.41) is 3.24. The number of carbonyl (C=O) groups is 1. The van der Waals surface area contributed by atoms with Gasteiger partial charge in [-0.05, 0) is 19.4 Å². The van der Waals surface area contributed by atoms with Crippen LogP contribution in [-0.2, 0) is 11.3 Å². The molecule has 0 unspecified atom stereocenters. The predicted octanol–water partition coefficient (Wildman–Crippen LogP) is 1.24. The van der Waals surface area contributed by atoms with E-state index in [1.165, 1.54) is 0 Å². The summed E-state index contributed by atoms with van der Waals surface area (Å²) in [5.74, 6) is 0.0494. The lowest BCUT2D eigenvalue weighted by Gasteiger charge is -2.35. The maximum atomic E-state index is 12.1. The molecule has 0 aromatic heterocycles. The fourth-order valence-electron chi connectivity index (χ4n) is 2.31. The van der Waals surface area contributed by atoms with Gasteiger partial charge in [-0.1, -0.05) is 30.3 Å². The molecule has 1 aliphatic rings. The minimum atomic E-state index is -0.317. The largest absolute Gasteiger partial charge is 0.385 e. The first kappa shape index (κ1) is 13.6. The molecule has 0 saturated heterocycles. The van der Waals surface area contributed by atoms with Crippen LogP contribution in [0.1, 0.15) is 19.4 Å². The minimum absolute atomic E-state index is 0.0494. The van der Waals surface area contributed by atoms with Crippen molar-refractivity contribution < 1.29 is 4.79 Å². The van der Waals surface area contributed by atoms with Gasteiger partial charge in [-0.15, -0.1) is 0 Å². The summed E-state index contributed by atoms with van der Waals surface area (Å²) in [6, 6.07) is 10.0. The smallest absolute Gasteiger partial charge is 0.249 e. The Morgan fingerprint density at radius 2 is 1.95 bits per heavy atom. The Kier molecular flexibility index (Phi) is 3.90. The van der Waals surface area contributed by atoms with E-state index < -0.39 is 0 Å². The SMILES string of the molecule is CC1(C)C(NCCN)=CC(=O)N1Cc1ccccc1. The van der Waals surface area contributed by atoms with Crippen molar-refractivity contribution in [2.75, 3.05) is 13.1 Å². The van der Waals surface area contributed by atoms with Crippen molar-refractivity contribution in [3.63, 3.8) is 0 Å². The summed E-state index contributed by atoms with van der Waals surface area (Å²) < 4.78 is 0. The van der Waals surface area contributed by atoms with Crippen LogP contribution in [0.3, 0.4) is 0 Å². The number of benzene rings is 1. The van der Waals surface area contributed by atoms with E-state index in [1.54, 1.807) is 6.08 Å². The average molecular weight is 259 g/mol. The van der Waals surface area contributed by atoms with Crippen LogP contribution in [0.4, 0.5) is 0 Å². The third kappa shape index (κ3) is 2.79. The molecule has 0 spiro atoms. The molecule has 0 saturated carbocycles. The Morgan fingerprint density at radius 3 is 2.58 bits per heavy atom. The molecule has 0 fully saturated rings. The Balaban J connectivity index is 2.13. The molecule has 102 valence electrons. The number of nitrogens with zero attached hydrogens (tertiary/aromatic N) is 1. The number of carbonyl (C=O) groups excluding carboxylic acids is 1. The summed E-state index contributed by atoms with van der Waals surface area (Å²) in [7, 11) is 0. The van der Waals surface area contributed by atoms with E-state index in [1.807, 2.05) is 35.2 Å². The van der Waals surface area contributed by atoms with Crippen molar-refractivity contribution in [1.29, 1.82) is 0 Å². The Labute approximate surface area is 114 Å². The second kappa shape index (κ2) is 5.45. The van der Waals surface area contributed by atoms with Crippen LogP contribution in [0.2, 0.25) is 0 Å². The lowest BCUT2D eigenvalue weighted by atomic mass is 10.0. The van der Waals surface area contributed by atoms with Crippen LogP contribution in [0.15, 0.2) is 42.1 Å². The summed E-state index contributed by atoms with van der Waals surface area (Å²) in [5.41, 5.74) is 7.26. The molecule has 1 heterocycles. The van der Waals surface area contributed by atoms with Crippen molar-refractivity contribution in [3.05, 3.63) is 47.7 Å². The normalized spacial score (nSPS) is 17.5. The van der Waals surface area contributed by atoms with Gasteiger partial charge < -0.3 is 16.0 Å². The second-order valence-corrected chi connectivity index (χ2v) is 5.24. The Bertz CT molecular complexity index is 479. The van der Waals surface area contributed by atoms with E-state index in [4.69, 9.17) is 5.73 Å². The molecule has 0 atom stereocenters. The molecule has 1 aliphatic heterocycles. The van der Waals surface area contributed by atoms with E-state index in [9.17, 15) is 4.79 Å². The van der Waals surface area contributed by atoms with Crippen LogP contribution >= 0.6 is 0 Å². The zero-order valence-corrected chi connectivity index (χ0v) is 11.5. The summed E-state index contributed by atoms with van der Waals surface area (Å²) in [4.78, 5) is 14.0. The fraction of sp³-hybridized carbons (Fsp3) is 0.400. The molecule has 3 N–H and O–H groups in total. The van der Waals surface area contributed by atoms with Gasteiger partial charge in [-0.25, -0.2) is 0 Å². The summed E-state index contributed by atoms with van der Waals surface area (Å²) >= 11 is 0. The number of nitrogens with two attached hydrogens (primary N) is 1. The Hall–Kier alpha value is -1.81. The first-order valence-corrected chi connectivity index (χ1v) is 6.57.